The Labute approximate surface area is 103 Å². The Morgan fingerprint density at radius 1 is 1.50 bits per heavy atom. The van der Waals surface area contributed by atoms with E-state index in [0.717, 1.165) is 0 Å². The van der Waals surface area contributed by atoms with Crippen molar-refractivity contribution < 1.29 is 9.53 Å². The number of amides is 1. The van der Waals surface area contributed by atoms with Crippen molar-refractivity contribution in [3.05, 3.63) is 28.2 Å². The lowest BCUT2D eigenvalue weighted by Crippen LogP contribution is -2.39. The van der Waals surface area contributed by atoms with Crippen molar-refractivity contribution in [3.8, 4) is 5.75 Å². The molecule has 16 heavy (non-hydrogen) atoms. The fourth-order valence-electron chi connectivity index (χ4n) is 1.13. The van der Waals surface area contributed by atoms with Gasteiger partial charge in [-0.2, -0.15) is 0 Å². The summed E-state index contributed by atoms with van der Waals surface area (Å²) < 4.78 is 6.11. The van der Waals surface area contributed by atoms with Gasteiger partial charge >= 0.3 is 0 Å². The van der Waals surface area contributed by atoms with Gasteiger partial charge in [0.25, 0.3) is 5.91 Å². The first kappa shape index (κ1) is 13.0. The van der Waals surface area contributed by atoms with E-state index >= 15 is 0 Å². The maximum Gasteiger partial charge on any atom is 0.253 e. The van der Waals surface area contributed by atoms with Gasteiger partial charge in [0.05, 0.1) is 5.56 Å². The zero-order valence-corrected chi connectivity index (χ0v) is 10.9. The second-order valence-electron chi connectivity index (χ2n) is 4.25. The van der Waals surface area contributed by atoms with Crippen LogP contribution in [-0.2, 0) is 0 Å². The van der Waals surface area contributed by atoms with E-state index < -0.39 is 11.4 Å². The zero-order chi connectivity index (χ0) is 12.3. The standard InChI is InChI=1S/C11H15BrN2O2/c1-11(2,14)6-16-8-5-3-4-7(12)9(8)10(13)15/h3-5H,6,14H2,1-2H3,(H2,13,15). The summed E-state index contributed by atoms with van der Waals surface area (Å²) in [6.07, 6.45) is 0. The van der Waals surface area contributed by atoms with Crippen LogP contribution in [0, 0.1) is 0 Å². The summed E-state index contributed by atoms with van der Waals surface area (Å²) in [4.78, 5) is 11.2. The van der Waals surface area contributed by atoms with Crippen molar-refractivity contribution in [2.45, 2.75) is 19.4 Å². The van der Waals surface area contributed by atoms with Crippen LogP contribution in [0.1, 0.15) is 24.2 Å². The highest BCUT2D eigenvalue weighted by atomic mass is 79.9. The molecule has 0 unspecified atom stereocenters. The number of ether oxygens (including phenoxy) is 1. The third-order valence-corrected chi connectivity index (χ3v) is 2.48. The summed E-state index contributed by atoms with van der Waals surface area (Å²) >= 11 is 3.26. The second-order valence-corrected chi connectivity index (χ2v) is 5.11. The highest BCUT2D eigenvalue weighted by Crippen LogP contribution is 2.26. The lowest BCUT2D eigenvalue weighted by Gasteiger charge is -2.20. The molecule has 0 aliphatic rings. The molecule has 0 heterocycles. The molecular weight excluding hydrogens is 272 g/mol. The molecule has 0 radical (unpaired) electrons. The molecule has 5 heteroatoms. The van der Waals surface area contributed by atoms with E-state index in [1.807, 2.05) is 13.8 Å². The number of nitrogens with two attached hydrogens (primary N) is 2. The topological polar surface area (TPSA) is 78.3 Å². The van der Waals surface area contributed by atoms with E-state index in [1.54, 1.807) is 18.2 Å². The van der Waals surface area contributed by atoms with Crippen molar-refractivity contribution in [2.75, 3.05) is 6.61 Å². The van der Waals surface area contributed by atoms with Crippen LogP contribution in [-0.4, -0.2) is 18.1 Å². The maximum atomic E-state index is 11.2. The molecule has 4 N–H and O–H groups in total. The van der Waals surface area contributed by atoms with Gasteiger partial charge in [-0.25, -0.2) is 0 Å². The van der Waals surface area contributed by atoms with E-state index in [0.29, 0.717) is 22.4 Å². The van der Waals surface area contributed by atoms with Gasteiger partial charge in [0.2, 0.25) is 0 Å². The molecular formula is C11H15BrN2O2. The number of benzene rings is 1. The number of carbonyl (C=O) groups excluding carboxylic acids is 1. The highest BCUT2D eigenvalue weighted by molar-refractivity contribution is 9.10. The predicted molar refractivity (Wildman–Crippen MR) is 66.4 cm³/mol. The SMILES string of the molecule is CC(C)(N)COc1cccc(Br)c1C(N)=O. The van der Waals surface area contributed by atoms with E-state index in [4.69, 9.17) is 16.2 Å². The molecule has 88 valence electrons. The van der Waals surface area contributed by atoms with Gasteiger partial charge in [0.15, 0.2) is 0 Å². The van der Waals surface area contributed by atoms with Crippen LogP contribution in [0.5, 0.6) is 5.75 Å². The van der Waals surface area contributed by atoms with Gasteiger partial charge in [0, 0.05) is 10.0 Å². The molecule has 1 aromatic carbocycles. The Kier molecular flexibility index (Phi) is 3.93. The first-order valence-electron chi connectivity index (χ1n) is 4.81. The molecule has 0 atom stereocenters. The highest BCUT2D eigenvalue weighted by Gasteiger charge is 2.16. The first-order valence-corrected chi connectivity index (χ1v) is 5.60. The third kappa shape index (κ3) is 3.50. The Hall–Kier alpha value is -1.07. The molecule has 1 aromatic rings. The van der Waals surface area contributed by atoms with Crippen LogP contribution < -0.4 is 16.2 Å². The van der Waals surface area contributed by atoms with Crippen LogP contribution >= 0.6 is 15.9 Å². The van der Waals surface area contributed by atoms with Gasteiger partial charge in [-0.1, -0.05) is 6.07 Å². The van der Waals surface area contributed by atoms with Gasteiger partial charge in [-0.15, -0.1) is 0 Å². The molecule has 1 amide bonds. The van der Waals surface area contributed by atoms with E-state index in [-0.39, 0.29) is 0 Å². The van der Waals surface area contributed by atoms with Gasteiger partial charge in [-0.05, 0) is 41.9 Å². The van der Waals surface area contributed by atoms with Crippen molar-refractivity contribution in [1.82, 2.24) is 0 Å². The molecule has 0 fully saturated rings. The van der Waals surface area contributed by atoms with Crippen LogP contribution in [0.15, 0.2) is 22.7 Å². The molecule has 4 nitrogen and oxygen atoms in total. The summed E-state index contributed by atoms with van der Waals surface area (Å²) in [6.45, 7) is 3.99. The van der Waals surface area contributed by atoms with Gasteiger partial charge in [0.1, 0.15) is 12.4 Å². The van der Waals surface area contributed by atoms with Crippen LogP contribution in [0.2, 0.25) is 0 Å². The van der Waals surface area contributed by atoms with Crippen LogP contribution in [0.25, 0.3) is 0 Å². The fourth-order valence-corrected chi connectivity index (χ4v) is 1.67. The monoisotopic (exact) mass is 286 g/mol. The first-order chi connectivity index (χ1) is 7.31. The summed E-state index contributed by atoms with van der Waals surface area (Å²) in [5.41, 5.74) is 10.9. The minimum absolute atomic E-state index is 0.309. The summed E-state index contributed by atoms with van der Waals surface area (Å²) in [5, 5.41) is 0. The fraction of sp³-hybridized carbons (Fsp3) is 0.364. The van der Waals surface area contributed by atoms with E-state index in [1.165, 1.54) is 0 Å². The number of hydrogen-bond donors (Lipinski definition) is 2. The van der Waals surface area contributed by atoms with Crippen molar-refractivity contribution in [1.29, 1.82) is 0 Å². The average Bonchev–Trinajstić information content (AvgIpc) is 2.12. The van der Waals surface area contributed by atoms with Gasteiger partial charge < -0.3 is 16.2 Å². The largest absolute Gasteiger partial charge is 0.491 e. The molecule has 0 saturated carbocycles. The Morgan fingerprint density at radius 2 is 2.12 bits per heavy atom. The lowest BCUT2D eigenvalue weighted by atomic mass is 10.1. The van der Waals surface area contributed by atoms with E-state index in [2.05, 4.69) is 15.9 Å². The normalized spacial score (nSPS) is 11.2. The summed E-state index contributed by atoms with van der Waals surface area (Å²) in [6, 6.07) is 5.20. The Bertz CT molecular complexity index is 399. The quantitative estimate of drug-likeness (QED) is 0.884. The number of halogens is 1. The van der Waals surface area contributed by atoms with Crippen molar-refractivity contribution in [3.63, 3.8) is 0 Å². The average molecular weight is 287 g/mol. The molecule has 0 saturated heterocycles. The smallest absolute Gasteiger partial charge is 0.253 e. The van der Waals surface area contributed by atoms with Crippen molar-refractivity contribution >= 4 is 21.8 Å². The summed E-state index contributed by atoms with van der Waals surface area (Å²) in [5.74, 6) is -0.0855. The van der Waals surface area contributed by atoms with Gasteiger partial charge in [-0.3, -0.25) is 4.79 Å². The third-order valence-electron chi connectivity index (χ3n) is 1.82. The number of rotatable bonds is 4. The molecule has 0 aromatic heterocycles. The van der Waals surface area contributed by atoms with Crippen LogP contribution in [0.3, 0.4) is 0 Å². The van der Waals surface area contributed by atoms with Crippen molar-refractivity contribution in [2.24, 2.45) is 11.5 Å². The molecule has 0 bridgehead atoms. The second kappa shape index (κ2) is 4.84. The molecule has 0 aliphatic carbocycles. The maximum absolute atomic E-state index is 11.2. The molecule has 0 aliphatic heterocycles. The number of carbonyl (C=O) groups is 1. The van der Waals surface area contributed by atoms with E-state index in [9.17, 15) is 4.79 Å². The Morgan fingerprint density at radius 3 is 2.62 bits per heavy atom. The Balaban J connectivity index is 2.96. The lowest BCUT2D eigenvalue weighted by molar-refractivity contribution is 0.0994. The number of primary amides is 1. The van der Waals surface area contributed by atoms with Crippen LogP contribution in [0.4, 0.5) is 0 Å². The minimum atomic E-state index is -0.530. The molecule has 1 rings (SSSR count). The zero-order valence-electron chi connectivity index (χ0n) is 9.29. The summed E-state index contributed by atoms with van der Waals surface area (Å²) in [7, 11) is 0. The minimum Gasteiger partial charge on any atom is -0.491 e. The molecule has 0 spiro atoms. The number of hydrogen-bond acceptors (Lipinski definition) is 3. The predicted octanol–water partition coefficient (Wildman–Crippen LogP) is 1.66.